The molecule has 0 fully saturated rings. The molecule has 0 aromatic heterocycles. The van der Waals surface area contributed by atoms with Crippen molar-refractivity contribution in [1.29, 1.82) is 0 Å². The van der Waals surface area contributed by atoms with Crippen LogP contribution in [0.25, 0.3) is 0 Å². The molecule has 0 aromatic rings. The Morgan fingerprint density at radius 3 is 2.60 bits per heavy atom. The molecule has 1 aliphatic rings. The minimum Gasteiger partial charge on any atom is -0.480 e. The fraction of sp³-hybridized carbons (Fsp3) is 0.500. The van der Waals surface area contributed by atoms with Gasteiger partial charge in [0.1, 0.15) is 0 Å². The van der Waals surface area contributed by atoms with Gasteiger partial charge in [-0.3, -0.25) is 0 Å². The number of rotatable bonds is 1. The van der Waals surface area contributed by atoms with Crippen LogP contribution in [0.1, 0.15) is 6.92 Å². The Balaban J connectivity index is 2.75. The zero-order valence-corrected chi connectivity index (χ0v) is 5.96. The number of hydrazine groups is 1. The number of nitrogens with one attached hydrogen (secondary N) is 1. The zero-order chi connectivity index (χ0) is 7.78. The lowest BCUT2D eigenvalue weighted by Gasteiger charge is -2.20. The second-order valence-electron chi connectivity index (χ2n) is 2.55. The maximum atomic E-state index is 10.5. The predicted molar refractivity (Wildman–Crippen MR) is 36.1 cm³/mol. The number of aliphatic carboxylic acids is 1. The summed E-state index contributed by atoms with van der Waals surface area (Å²) >= 11 is 0. The molecule has 1 unspecified atom stereocenters. The van der Waals surface area contributed by atoms with Gasteiger partial charge in [-0.05, 0) is 13.0 Å². The summed E-state index contributed by atoms with van der Waals surface area (Å²) in [4.78, 5) is 10.5. The number of carboxylic acids is 1. The van der Waals surface area contributed by atoms with E-state index in [9.17, 15) is 4.79 Å². The highest BCUT2D eigenvalue weighted by molar-refractivity contribution is 5.81. The van der Waals surface area contributed by atoms with Gasteiger partial charge in [-0.1, -0.05) is 0 Å². The van der Waals surface area contributed by atoms with Crippen LogP contribution in [0, 0.1) is 0 Å². The summed E-state index contributed by atoms with van der Waals surface area (Å²) in [5.41, 5.74) is 1.83. The molecule has 0 bridgehead atoms. The molecule has 1 atom stereocenters. The molecule has 10 heavy (non-hydrogen) atoms. The highest BCUT2D eigenvalue weighted by atomic mass is 16.4. The van der Waals surface area contributed by atoms with E-state index in [1.54, 1.807) is 31.3 Å². The van der Waals surface area contributed by atoms with Gasteiger partial charge in [0.25, 0.3) is 0 Å². The number of hydrogen-bond donors (Lipinski definition) is 2. The van der Waals surface area contributed by atoms with E-state index in [2.05, 4.69) is 5.43 Å². The summed E-state index contributed by atoms with van der Waals surface area (Å²) in [6.45, 7) is 1.61. The van der Waals surface area contributed by atoms with Gasteiger partial charge in [0, 0.05) is 13.2 Å². The Kier molecular flexibility index (Phi) is 1.40. The summed E-state index contributed by atoms with van der Waals surface area (Å²) < 4.78 is 0. The van der Waals surface area contributed by atoms with Crippen LogP contribution in [0.5, 0.6) is 0 Å². The monoisotopic (exact) mass is 142 g/mol. The molecule has 56 valence electrons. The second-order valence-corrected chi connectivity index (χ2v) is 2.55. The van der Waals surface area contributed by atoms with Gasteiger partial charge in [-0.25, -0.2) is 10.2 Å². The number of carboxylic acid groups (broad SMARTS) is 1. The van der Waals surface area contributed by atoms with Crippen molar-refractivity contribution in [2.75, 3.05) is 7.05 Å². The van der Waals surface area contributed by atoms with Gasteiger partial charge < -0.3 is 10.1 Å². The van der Waals surface area contributed by atoms with E-state index < -0.39 is 11.5 Å². The fourth-order valence-electron chi connectivity index (χ4n) is 0.821. The second kappa shape index (κ2) is 1.98. The molecule has 1 heterocycles. The first-order valence-corrected chi connectivity index (χ1v) is 2.98. The number of carbonyl (C=O) groups is 1. The zero-order valence-electron chi connectivity index (χ0n) is 5.96. The third kappa shape index (κ3) is 0.974. The third-order valence-electron chi connectivity index (χ3n) is 1.48. The van der Waals surface area contributed by atoms with Crippen molar-refractivity contribution in [3.63, 3.8) is 0 Å². The smallest absolute Gasteiger partial charge is 0.329 e. The van der Waals surface area contributed by atoms with E-state index in [0.717, 1.165) is 0 Å². The van der Waals surface area contributed by atoms with Crippen LogP contribution >= 0.6 is 0 Å². The van der Waals surface area contributed by atoms with E-state index >= 15 is 0 Å². The Labute approximate surface area is 59.1 Å². The van der Waals surface area contributed by atoms with Crippen molar-refractivity contribution in [2.24, 2.45) is 0 Å². The summed E-state index contributed by atoms with van der Waals surface area (Å²) in [6.07, 6.45) is 3.30. The fourth-order valence-corrected chi connectivity index (χ4v) is 0.821. The van der Waals surface area contributed by atoms with Gasteiger partial charge in [0.05, 0.1) is 0 Å². The summed E-state index contributed by atoms with van der Waals surface area (Å²) in [5, 5.41) is 10.3. The first kappa shape index (κ1) is 7.08. The van der Waals surface area contributed by atoms with Gasteiger partial charge in [0.2, 0.25) is 0 Å². The first-order valence-electron chi connectivity index (χ1n) is 2.98. The van der Waals surface area contributed by atoms with Crippen LogP contribution in [0.3, 0.4) is 0 Å². The Morgan fingerprint density at radius 1 is 1.80 bits per heavy atom. The van der Waals surface area contributed by atoms with Crippen LogP contribution in [-0.4, -0.2) is 28.7 Å². The largest absolute Gasteiger partial charge is 0.480 e. The van der Waals surface area contributed by atoms with Crippen LogP contribution in [0.2, 0.25) is 0 Å². The topological polar surface area (TPSA) is 52.6 Å². The SMILES string of the molecule is CN1C=CC(C)(C(=O)O)N1. The molecular weight excluding hydrogens is 132 g/mol. The van der Waals surface area contributed by atoms with Gasteiger partial charge in [-0.15, -0.1) is 0 Å². The normalized spacial score (nSPS) is 31.2. The van der Waals surface area contributed by atoms with E-state index in [-0.39, 0.29) is 0 Å². The molecule has 1 rings (SSSR count). The molecule has 2 N–H and O–H groups in total. The van der Waals surface area contributed by atoms with Crippen molar-refractivity contribution in [1.82, 2.24) is 10.4 Å². The van der Waals surface area contributed by atoms with Crippen LogP contribution in [-0.2, 0) is 4.79 Å². The third-order valence-corrected chi connectivity index (χ3v) is 1.48. The molecule has 0 amide bonds. The van der Waals surface area contributed by atoms with E-state index in [1.165, 1.54) is 0 Å². The quantitative estimate of drug-likeness (QED) is 0.532. The van der Waals surface area contributed by atoms with Crippen LogP contribution in [0.15, 0.2) is 12.3 Å². The molecule has 0 aromatic carbocycles. The summed E-state index contributed by atoms with van der Waals surface area (Å²) in [5.74, 6) is -0.867. The maximum absolute atomic E-state index is 10.5. The van der Waals surface area contributed by atoms with Crippen molar-refractivity contribution in [3.05, 3.63) is 12.3 Å². The van der Waals surface area contributed by atoms with Crippen molar-refractivity contribution in [3.8, 4) is 0 Å². The summed E-state index contributed by atoms with van der Waals surface area (Å²) in [7, 11) is 1.75. The Morgan fingerprint density at radius 2 is 2.40 bits per heavy atom. The van der Waals surface area contributed by atoms with Gasteiger partial charge in [-0.2, -0.15) is 0 Å². The summed E-state index contributed by atoms with van der Waals surface area (Å²) in [6, 6.07) is 0. The average molecular weight is 142 g/mol. The lowest BCUT2D eigenvalue weighted by Crippen LogP contribution is -2.48. The Bertz CT molecular complexity index is 190. The molecule has 1 aliphatic heterocycles. The van der Waals surface area contributed by atoms with Gasteiger partial charge >= 0.3 is 5.97 Å². The number of nitrogens with zero attached hydrogens (tertiary/aromatic N) is 1. The van der Waals surface area contributed by atoms with E-state index in [0.29, 0.717) is 0 Å². The predicted octanol–water partition coefficient (Wildman–Crippen LogP) is -0.207. The molecule has 4 heteroatoms. The standard InChI is InChI=1S/C6H10N2O2/c1-6(5(9)10)3-4-8(2)7-6/h3-4,7H,1-2H3,(H,9,10). The molecule has 0 saturated heterocycles. The highest BCUT2D eigenvalue weighted by Crippen LogP contribution is 2.12. The highest BCUT2D eigenvalue weighted by Gasteiger charge is 2.34. The molecule has 4 nitrogen and oxygen atoms in total. The van der Waals surface area contributed by atoms with Crippen molar-refractivity contribution >= 4 is 5.97 Å². The van der Waals surface area contributed by atoms with E-state index in [4.69, 9.17) is 5.11 Å². The van der Waals surface area contributed by atoms with Crippen molar-refractivity contribution < 1.29 is 9.90 Å². The molecule has 0 radical (unpaired) electrons. The molecule has 0 spiro atoms. The minimum absolute atomic E-state index is 0.867. The van der Waals surface area contributed by atoms with Crippen LogP contribution < -0.4 is 5.43 Å². The number of hydrogen-bond acceptors (Lipinski definition) is 3. The first-order chi connectivity index (χ1) is 4.54. The Hall–Kier alpha value is -1.03. The van der Waals surface area contributed by atoms with Crippen LogP contribution in [0.4, 0.5) is 0 Å². The molecule has 0 aliphatic carbocycles. The molecular formula is C6H10N2O2. The lowest BCUT2D eigenvalue weighted by molar-refractivity contribution is -0.142. The van der Waals surface area contributed by atoms with Gasteiger partial charge in [0.15, 0.2) is 5.54 Å². The average Bonchev–Trinajstić information content (AvgIpc) is 2.13. The lowest BCUT2D eigenvalue weighted by atomic mass is 10.1. The maximum Gasteiger partial charge on any atom is 0.329 e. The minimum atomic E-state index is -0.922. The molecule has 0 saturated carbocycles. The van der Waals surface area contributed by atoms with Crippen molar-refractivity contribution in [2.45, 2.75) is 12.5 Å². The van der Waals surface area contributed by atoms with E-state index in [1.807, 2.05) is 0 Å².